The van der Waals surface area contributed by atoms with Gasteiger partial charge in [-0.1, -0.05) is 13.3 Å². The summed E-state index contributed by atoms with van der Waals surface area (Å²) in [6.07, 6.45) is 5.77. The van der Waals surface area contributed by atoms with Crippen molar-refractivity contribution in [1.29, 1.82) is 0 Å². The first-order valence-corrected chi connectivity index (χ1v) is 9.29. The molecule has 2 fully saturated rings. The predicted molar refractivity (Wildman–Crippen MR) is 90.4 cm³/mol. The minimum Gasteiger partial charge on any atom is -0.325 e. The van der Waals surface area contributed by atoms with E-state index in [9.17, 15) is 4.79 Å². The van der Waals surface area contributed by atoms with Crippen molar-refractivity contribution in [3.8, 4) is 0 Å². The first-order chi connectivity index (χ1) is 11.8. The van der Waals surface area contributed by atoms with E-state index in [0.29, 0.717) is 0 Å². The van der Waals surface area contributed by atoms with E-state index in [0.717, 1.165) is 83.9 Å². The van der Waals surface area contributed by atoms with Crippen LogP contribution in [0.25, 0.3) is 0 Å². The van der Waals surface area contributed by atoms with Gasteiger partial charge in [0.15, 0.2) is 5.82 Å². The fourth-order valence-corrected chi connectivity index (χ4v) is 3.40. The molecule has 3 heterocycles. The third-order valence-electron chi connectivity index (χ3n) is 4.96. The topological polar surface area (TPSA) is 70.4 Å². The fraction of sp³-hybridized carbons (Fsp3) is 0.875. The number of aromatic nitrogens is 4. The van der Waals surface area contributed by atoms with Gasteiger partial charge >= 0.3 is 6.03 Å². The normalized spacial score (nSPS) is 19.7. The van der Waals surface area contributed by atoms with Crippen LogP contribution in [0.2, 0.25) is 0 Å². The third kappa shape index (κ3) is 4.23. The van der Waals surface area contributed by atoms with Crippen LogP contribution < -0.4 is 0 Å². The molecule has 2 amide bonds. The van der Waals surface area contributed by atoms with Crippen molar-refractivity contribution in [3.05, 3.63) is 5.82 Å². The predicted octanol–water partition coefficient (Wildman–Crippen LogP) is 1.20. The van der Waals surface area contributed by atoms with Crippen LogP contribution in [-0.2, 0) is 13.1 Å². The van der Waals surface area contributed by atoms with Crippen molar-refractivity contribution < 1.29 is 4.79 Å². The van der Waals surface area contributed by atoms with Gasteiger partial charge in [-0.05, 0) is 36.1 Å². The second-order valence-electron chi connectivity index (χ2n) is 6.77. The Balaban J connectivity index is 1.46. The number of tetrazole rings is 1. The molecular formula is C16H29N7O. The number of piperidine rings is 1. The maximum atomic E-state index is 12.5. The van der Waals surface area contributed by atoms with Crippen LogP contribution in [0, 0.1) is 0 Å². The molecule has 0 saturated carbocycles. The number of urea groups is 1. The van der Waals surface area contributed by atoms with Gasteiger partial charge in [-0.15, -0.1) is 5.10 Å². The summed E-state index contributed by atoms with van der Waals surface area (Å²) in [5.74, 6) is 0.930. The quantitative estimate of drug-likeness (QED) is 0.808. The van der Waals surface area contributed by atoms with Crippen LogP contribution in [0.3, 0.4) is 0 Å². The zero-order chi connectivity index (χ0) is 16.8. The number of hydrogen-bond donors (Lipinski definition) is 0. The summed E-state index contributed by atoms with van der Waals surface area (Å²) in [5.41, 5.74) is 0. The number of carbonyl (C=O) groups is 1. The molecule has 0 unspecified atom stereocenters. The van der Waals surface area contributed by atoms with Gasteiger partial charge in [0.25, 0.3) is 0 Å². The van der Waals surface area contributed by atoms with Gasteiger partial charge in [-0.25, -0.2) is 9.48 Å². The Kier molecular flexibility index (Phi) is 6.01. The highest BCUT2D eigenvalue weighted by atomic mass is 16.2. The highest BCUT2D eigenvalue weighted by Gasteiger charge is 2.26. The van der Waals surface area contributed by atoms with Gasteiger partial charge in [-0.2, -0.15) is 0 Å². The van der Waals surface area contributed by atoms with Crippen molar-refractivity contribution in [2.75, 3.05) is 39.3 Å². The highest BCUT2D eigenvalue weighted by molar-refractivity contribution is 5.74. The molecule has 134 valence electrons. The van der Waals surface area contributed by atoms with Crippen LogP contribution >= 0.6 is 0 Å². The van der Waals surface area contributed by atoms with Gasteiger partial charge in [0.05, 0.1) is 6.54 Å². The first-order valence-electron chi connectivity index (χ1n) is 9.29. The van der Waals surface area contributed by atoms with E-state index in [1.54, 1.807) is 0 Å². The molecule has 0 radical (unpaired) electrons. The Morgan fingerprint density at radius 3 is 2.42 bits per heavy atom. The van der Waals surface area contributed by atoms with Crippen molar-refractivity contribution in [2.24, 2.45) is 0 Å². The molecule has 0 atom stereocenters. The van der Waals surface area contributed by atoms with Crippen molar-refractivity contribution >= 4 is 6.03 Å². The van der Waals surface area contributed by atoms with Crippen LogP contribution in [0.15, 0.2) is 0 Å². The van der Waals surface area contributed by atoms with E-state index in [1.807, 2.05) is 14.5 Å². The lowest BCUT2D eigenvalue weighted by atomic mass is 10.1. The SMILES string of the molecule is CCCCn1nnnc1CN1CCN(C(=O)N2CCCCC2)CC1. The Morgan fingerprint density at radius 1 is 1.00 bits per heavy atom. The van der Waals surface area contributed by atoms with Gasteiger partial charge in [0.2, 0.25) is 0 Å². The molecule has 0 bridgehead atoms. The summed E-state index contributed by atoms with van der Waals surface area (Å²) in [6, 6.07) is 0.224. The highest BCUT2D eigenvalue weighted by Crippen LogP contribution is 2.13. The molecule has 0 spiro atoms. The third-order valence-corrected chi connectivity index (χ3v) is 4.96. The number of carbonyl (C=O) groups excluding carboxylic acids is 1. The van der Waals surface area contributed by atoms with Gasteiger partial charge in [0.1, 0.15) is 0 Å². The molecule has 0 N–H and O–H groups in total. The second-order valence-corrected chi connectivity index (χ2v) is 6.77. The van der Waals surface area contributed by atoms with E-state index in [4.69, 9.17) is 0 Å². The molecule has 1 aromatic rings. The first kappa shape index (κ1) is 17.1. The number of amides is 2. The van der Waals surface area contributed by atoms with E-state index < -0.39 is 0 Å². The van der Waals surface area contributed by atoms with Crippen LogP contribution in [0.5, 0.6) is 0 Å². The summed E-state index contributed by atoms with van der Waals surface area (Å²) in [6.45, 7) is 9.03. The van der Waals surface area contributed by atoms with E-state index in [1.165, 1.54) is 6.42 Å². The second kappa shape index (κ2) is 8.41. The number of nitrogens with zero attached hydrogens (tertiary/aromatic N) is 7. The number of aryl methyl sites for hydroxylation is 1. The van der Waals surface area contributed by atoms with Crippen molar-refractivity contribution in [1.82, 2.24) is 34.9 Å². The fourth-order valence-electron chi connectivity index (χ4n) is 3.40. The van der Waals surface area contributed by atoms with Crippen LogP contribution in [0.1, 0.15) is 44.9 Å². The largest absolute Gasteiger partial charge is 0.325 e. The molecule has 2 saturated heterocycles. The number of unbranched alkanes of at least 4 members (excludes halogenated alkanes) is 1. The molecule has 2 aliphatic rings. The van der Waals surface area contributed by atoms with Crippen LogP contribution in [0.4, 0.5) is 4.79 Å². The molecule has 0 aliphatic carbocycles. The van der Waals surface area contributed by atoms with Crippen molar-refractivity contribution in [2.45, 2.75) is 52.1 Å². The summed E-state index contributed by atoms with van der Waals surface area (Å²) in [5, 5.41) is 12.1. The summed E-state index contributed by atoms with van der Waals surface area (Å²) in [4.78, 5) is 18.9. The summed E-state index contributed by atoms with van der Waals surface area (Å²) in [7, 11) is 0. The number of rotatable bonds is 5. The standard InChI is InChI=1S/C16H29N7O/c1-2-3-9-23-15(17-18-19-23)14-20-10-12-22(13-11-20)16(24)21-7-5-4-6-8-21/h2-14H2,1H3. The maximum Gasteiger partial charge on any atom is 0.320 e. The average Bonchev–Trinajstić information content (AvgIpc) is 3.07. The van der Waals surface area contributed by atoms with Crippen LogP contribution in [-0.4, -0.2) is 80.2 Å². The molecular weight excluding hydrogens is 306 g/mol. The lowest BCUT2D eigenvalue weighted by Crippen LogP contribution is -2.53. The Labute approximate surface area is 143 Å². The molecule has 8 nitrogen and oxygen atoms in total. The summed E-state index contributed by atoms with van der Waals surface area (Å²) >= 11 is 0. The molecule has 1 aromatic heterocycles. The van der Waals surface area contributed by atoms with E-state index >= 15 is 0 Å². The monoisotopic (exact) mass is 335 g/mol. The van der Waals surface area contributed by atoms with Gasteiger partial charge < -0.3 is 9.80 Å². The lowest BCUT2D eigenvalue weighted by molar-refractivity contribution is 0.103. The van der Waals surface area contributed by atoms with Crippen molar-refractivity contribution in [3.63, 3.8) is 0 Å². The number of piperazine rings is 1. The average molecular weight is 335 g/mol. The molecule has 3 rings (SSSR count). The van der Waals surface area contributed by atoms with Gasteiger partial charge in [-0.3, -0.25) is 4.90 Å². The maximum absolute atomic E-state index is 12.5. The smallest absolute Gasteiger partial charge is 0.320 e. The number of likely N-dealkylation sites (tertiary alicyclic amines) is 1. The van der Waals surface area contributed by atoms with E-state index in [-0.39, 0.29) is 6.03 Å². The minimum absolute atomic E-state index is 0.224. The molecule has 0 aromatic carbocycles. The Bertz CT molecular complexity index is 518. The zero-order valence-corrected chi connectivity index (χ0v) is 14.7. The summed E-state index contributed by atoms with van der Waals surface area (Å²) < 4.78 is 1.91. The number of hydrogen-bond acceptors (Lipinski definition) is 5. The van der Waals surface area contributed by atoms with Gasteiger partial charge in [0, 0.05) is 45.8 Å². The Hall–Kier alpha value is -1.70. The van der Waals surface area contributed by atoms with E-state index in [2.05, 4.69) is 27.3 Å². The minimum atomic E-state index is 0.224. The molecule has 8 heteroatoms. The zero-order valence-electron chi connectivity index (χ0n) is 14.7. The Morgan fingerprint density at radius 2 is 1.71 bits per heavy atom. The molecule has 24 heavy (non-hydrogen) atoms. The lowest BCUT2D eigenvalue weighted by Gasteiger charge is -2.38. The molecule has 2 aliphatic heterocycles.